The predicted octanol–water partition coefficient (Wildman–Crippen LogP) is -5.08. The van der Waals surface area contributed by atoms with Crippen LogP contribution in [0, 0.1) is 0 Å². The van der Waals surface area contributed by atoms with E-state index >= 15 is 0 Å². The molecule has 0 aliphatic rings. The molecular formula is C6H11N2NaO5S. The van der Waals surface area contributed by atoms with Crippen molar-refractivity contribution in [3.8, 4) is 0 Å². The first-order valence-corrected chi connectivity index (χ1v) is 5.37. The average Bonchev–Trinajstić information content (AvgIpc) is 1.98. The molecule has 0 aromatic carbocycles. The van der Waals surface area contributed by atoms with Gasteiger partial charge in [0.05, 0.1) is 15.9 Å². The topological polar surface area (TPSA) is 129 Å². The van der Waals surface area contributed by atoms with E-state index in [1.807, 2.05) is 0 Å². The summed E-state index contributed by atoms with van der Waals surface area (Å²) in [5.41, 5.74) is 4.77. The van der Waals surface area contributed by atoms with Gasteiger partial charge in [-0.1, -0.05) is 0 Å². The van der Waals surface area contributed by atoms with Crippen LogP contribution in [0.25, 0.3) is 0 Å². The summed E-state index contributed by atoms with van der Waals surface area (Å²) in [7, 11) is -4.31. The van der Waals surface area contributed by atoms with E-state index in [9.17, 15) is 22.6 Å². The average molecular weight is 246 g/mol. The Morgan fingerprint density at radius 1 is 1.27 bits per heavy atom. The number of nitrogens with two attached hydrogens (primary N) is 1. The van der Waals surface area contributed by atoms with Gasteiger partial charge >= 0.3 is 29.6 Å². The van der Waals surface area contributed by atoms with Gasteiger partial charge in [-0.3, -0.25) is 9.59 Å². The van der Waals surface area contributed by atoms with E-state index in [4.69, 9.17) is 5.73 Å². The number of hydrogen-bond acceptors (Lipinski definition) is 5. The van der Waals surface area contributed by atoms with Gasteiger partial charge in [0.1, 0.15) is 0 Å². The van der Waals surface area contributed by atoms with Crippen LogP contribution in [-0.4, -0.2) is 37.1 Å². The minimum absolute atomic E-state index is 0. The number of primary amides is 1. The van der Waals surface area contributed by atoms with Crippen molar-refractivity contribution in [1.29, 1.82) is 0 Å². The van der Waals surface area contributed by atoms with E-state index in [0.29, 0.717) is 0 Å². The standard InChI is InChI=1S/C6H12N2O5S.Na/c7-5(9)1-2-6(10)8-3-4-14(11,12)13;/h1-4H2,(H2,7,9)(H,8,10)(H,11,12,13);/q;+1/p-1. The molecule has 0 aromatic heterocycles. The molecule has 0 fully saturated rings. The van der Waals surface area contributed by atoms with Crippen molar-refractivity contribution in [3.05, 3.63) is 0 Å². The Hall–Kier alpha value is -0.150. The zero-order chi connectivity index (χ0) is 11.2. The number of amides is 2. The molecule has 3 N–H and O–H groups in total. The zero-order valence-corrected chi connectivity index (χ0v) is 11.2. The van der Waals surface area contributed by atoms with Crippen molar-refractivity contribution in [1.82, 2.24) is 5.32 Å². The zero-order valence-electron chi connectivity index (χ0n) is 8.36. The van der Waals surface area contributed by atoms with Crippen molar-refractivity contribution in [2.24, 2.45) is 5.73 Å². The number of carbonyl (C=O) groups excluding carboxylic acids is 2. The Morgan fingerprint density at radius 3 is 2.20 bits per heavy atom. The van der Waals surface area contributed by atoms with E-state index in [1.54, 1.807) is 0 Å². The minimum atomic E-state index is -4.31. The molecule has 0 bridgehead atoms. The third-order valence-electron chi connectivity index (χ3n) is 1.27. The third-order valence-corrected chi connectivity index (χ3v) is 1.98. The van der Waals surface area contributed by atoms with E-state index in [0.717, 1.165) is 0 Å². The summed E-state index contributed by atoms with van der Waals surface area (Å²) in [6, 6.07) is 0. The number of carbonyl (C=O) groups is 2. The molecule has 0 heterocycles. The number of nitrogens with one attached hydrogen (secondary N) is 1. The molecule has 15 heavy (non-hydrogen) atoms. The van der Waals surface area contributed by atoms with Crippen LogP contribution >= 0.6 is 0 Å². The summed E-state index contributed by atoms with van der Waals surface area (Å²) >= 11 is 0. The summed E-state index contributed by atoms with van der Waals surface area (Å²) in [6.07, 6.45) is -0.204. The smallest absolute Gasteiger partial charge is 0.748 e. The Kier molecular flexibility index (Phi) is 9.26. The fraction of sp³-hybridized carbons (Fsp3) is 0.667. The molecular weight excluding hydrogens is 235 g/mol. The Labute approximate surface area is 110 Å². The molecule has 0 aliphatic carbocycles. The van der Waals surface area contributed by atoms with E-state index in [1.165, 1.54) is 0 Å². The first kappa shape index (κ1) is 17.3. The van der Waals surface area contributed by atoms with Crippen LogP contribution in [0.5, 0.6) is 0 Å². The van der Waals surface area contributed by atoms with Crippen LogP contribution in [-0.2, 0) is 19.7 Å². The molecule has 0 aliphatic heterocycles. The van der Waals surface area contributed by atoms with Gasteiger partial charge in [-0.05, 0) is 0 Å². The second-order valence-corrected chi connectivity index (χ2v) is 4.10. The maximum atomic E-state index is 10.8. The number of hydrogen-bond donors (Lipinski definition) is 2. The molecule has 0 spiro atoms. The fourth-order valence-corrected chi connectivity index (χ4v) is 0.993. The van der Waals surface area contributed by atoms with Crippen LogP contribution in [0.4, 0.5) is 0 Å². The maximum Gasteiger partial charge on any atom is 1.00 e. The molecule has 0 saturated carbocycles. The van der Waals surface area contributed by atoms with Gasteiger partial charge in [-0.15, -0.1) is 0 Å². The summed E-state index contributed by atoms with van der Waals surface area (Å²) in [6.45, 7) is -0.247. The van der Waals surface area contributed by atoms with Crippen LogP contribution in [0.3, 0.4) is 0 Å². The summed E-state index contributed by atoms with van der Waals surface area (Å²) < 4.78 is 30.3. The Balaban J connectivity index is 0. The largest absolute Gasteiger partial charge is 1.00 e. The van der Waals surface area contributed by atoms with Crippen LogP contribution < -0.4 is 40.6 Å². The van der Waals surface area contributed by atoms with Crippen molar-refractivity contribution in [2.75, 3.05) is 12.3 Å². The second kappa shape index (κ2) is 8.05. The van der Waals surface area contributed by atoms with Crippen molar-refractivity contribution < 1.29 is 52.1 Å². The monoisotopic (exact) mass is 246 g/mol. The third kappa shape index (κ3) is 13.9. The van der Waals surface area contributed by atoms with Gasteiger partial charge in [0.15, 0.2) is 0 Å². The molecule has 9 heteroatoms. The molecule has 0 aromatic rings. The SMILES string of the molecule is NC(=O)CCC(=O)NCCS(=O)(=O)[O-].[Na+]. The van der Waals surface area contributed by atoms with Crippen LogP contribution in [0.2, 0.25) is 0 Å². The molecule has 7 nitrogen and oxygen atoms in total. The van der Waals surface area contributed by atoms with Crippen molar-refractivity contribution >= 4 is 21.9 Å². The minimum Gasteiger partial charge on any atom is -0.748 e. The Morgan fingerprint density at radius 2 is 1.80 bits per heavy atom. The first-order valence-electron chi connectivity index (χ1n) is 3.80. The van der Waals surface area contributed by atoms with Gasteiger partial charge < -0.3 is 15.6 Å². The van der Waals surface area contributed by atoms with E-state index < -0.39 is 27.7 Å². The summed E-state index contributed by atoms with van der Waals surface area (Å²) in [5, 5.41) is 2.17. The maximum absolute atomic E-state index is 10.8. The molecule has 82 valence electrons. The molecule has 0 radical (unpaired) electrons. The van der Waals surface area contributed by atoms with Crippen molar-refractivity contribution in [3.63, 3.8) is 0 Å². The van der Waals surface area contributed by atoms with Crippen LogP contribution in [0.1, 0.15) is 12.8 Å². The summed E-state index contributed by atoms with van der Waals surface area (Å²) in [5.74, 6) is -1.78. The number of rotatable bonds is 6. The fourth-order valence-electron chi connectivity index (χ4n) is 0.641. The van der Waals surface area contributed by atoms with Gasteiger partial charge in [-0.25, -0.2) is 8.42 Å². The van der Waals surface area contributed by atoms with Crippen molar-refractivity contribution in [2.45, 2.75) is 12.8 Å². The normalized spacial score (nSPS) is 10.2. The molecule has 0 rings (SSSR count). The summed E-state index contributed by atoms with van der Waals surface area (Å²) in [4.78, 5) is 21.1. The molecule has 0 atom stereocenters. The van der Waals surface area contributed by atoms with Gasteiger partial charge in [-0.2, -0.15) is 0 Å². The van der Waals surface area contributed by atoms with Gasteiger partial charge in [0.25, 0.3) is 0 Å². The predicted molar refractivity (Wildman–Crippen MR) is 46.0 cm³/mol. The molecule has 0 unspecified atom stereocenters. The molecule has 2 amide bonds. The van der Waals surface area contributed by atoms with E-state index in [2.05, 4.69) is 5.32 Å². The first-order chi connectivity index (χ1) is 6.31. The van der Waals surface area contributed by atoms with E-state index in [-0.39, 0.29) is 48.9 Å². The van der Waals surface area contributed by atoms with Crippen LogP contribution in [0.15, 0.2) is 0 Å². The van der Waals surface area contributed by atoms with Gasteiger partial charge in [0.2, 0.25) is 11.8 Å². The quantitative estimate of drug-likeness (QED) is 0.358. The Bertz CT molecular complexity index is 315. The van der Waals surface area contributed by atoms with Gasteiger partial charge in [0, 0.05) is 19.4 Å². The molecule has 0 saturated heterocycles. The second-order valence-electron chi connectivity index (χ2n) is 2.58.